The number of carbonyl (C=O) groups excluding carboxylic acids is 2. The smallest absolute Gasteiger partial charge is 0.324 e. The van der Waals surface area contributed by atoms with Crippen LogP contribution >= 0.6 is 0 Å². The molecule has 2 aliphatic heterocycles. The molecular formula is C37H62N2O5. The molecule has 7 heteroatoms. The third-order valence-corrected chi connectivity index (χ3v) is 9.27. The molecule has 1 aromatic rings. The molecule has 0 aliphatic carbocycles. The van der Waals surface area contributed by atoms with E-state index in [1.54, 1.807) is 0 Å². The van der Waals surface area contributed by atoms with Crippen LogP contribution in [0.15, 0.2) is 12.1 Å². The van der Waals surface area contributed by atoms with E-state index in [4.69, 9.17) is 9.47 Å². The molecule has 7 nitrogen and oxygen atoms in total. The Bertz CT molecular complexity index is 1120. The van der Waals surface area contributed by atoms with E-state index in [9.17, 15) is 14.7 Å². The summed E-state index contributed by atoms with van der Waals surface area (Å²) in [5.41, 5.74) is -0.370. The lowest BCUT2D eigenvalue weighted by Gasteiger charge is -2.47. The molecule has 0 bridgehead atoms. The first-order valence-electron chi connectivity index (χ1n) is 16.7. The van der Waals surface area contributed by atoms with Crippen molar-refractivity contribution in [3.05, 3.63) is 28.8 Å². The summed E-state index contributed by atoms with van der Waals surface area (Å²) in [6.07, 6.45) is 3.97. The van der Waals surface area contributed by atoms with Gasteiger partial charge in [0.15, 0.2) is 5.41 Å². The van der Waals surface area contributed by atoms with Gasteiger partial charge in [0.1, 0.15) is 18.0 Å². The first-order valence-corrected chi connectivity index (χ1v) is 16.7. The van der Waals surface area contributed by atoms with Crippen molar-refractivity contribution < 1.29 is 24.2 Å². The number of phenols is 1. The van der Waals surface area contributed by atoms with E-state index in [-0.39, 0.29) is 51.9 Å². The summed E-state index contributed by atoms with van der Waals surface area (Å²) in [7, 11) is 0. The Labute approximate surface area is 267 Å². The van der Waals surface area contributed by atoms with Gasteiger partial charge in [-0.15, -0.1) is 0 Å². The minimum atomic E-state index is -1.51. The molecule has 3 N–H and O–H groups in total. The van der Waals surface area contributed by atoms with Crippen molar-refractivity contribution in [2.24, 2.45) is 5.41 Å². The zero-order valence-electron chi connectivity index (χ0n) is 30.0. The molecule has 0 aromatic heterocycles. The highest BCUT2D eigenvalue weighted by molar-refractivity contribution is 6.00. The standard InChI is InChI=1S/C37H62N2O5/c1-14-15-16-37(19-25-17-24(2)29(40)28(18-25)32(3,4)5,30(41)43-26-20-33(6,7)38-34(8,9)21-26)31(42)44-27-22-35(10,11)39-36(12,13)23-27/h17-18,26-27,38-40H,14-16,19-23H2,1-13H3. The molecule has 2 fully saturated rings. The Hall–Kier alpha value is -2.12. The lowest BCUT2D eigenvalue weighted by Crippen LogP contribution is -2.61. The normalized spacial score (nSPS) is 21.9. The quantitative estimate of drug-likeness (QED) is 0.197. The molecule has 3 rings (SSSR count). The van der Waals surface area contributed by atoms with Crippen LogP contribution in [0.4, 0.5) is 0 Å². The van der Waals surface area contributed by atoms with Crippen LogP contribution in [0.3, 0.4) is 0 Å². The summed E-state index contributed by atoms with van der Waals surface area (Å²) in [6.45, 7) is 27.1. The summed E-state index contributed by atoms with van der Waals surface area (Å²) < 4.78 is 12.8. The monoisotopic (exact) mass is 614 g/mol. The highest BCUT2D eigenvalue weighted by Gasteiger charge is 2.52. The van der Waals surface area contributed by atoms with Crippen molar-refractivity contribution in [1.29, 1.82) is 0 Å². The Balaban J connectivity index is 2.10. The van der Waals surface area contributed by atoms with Gasteiger partial charge in [0.05, 0.1) is 0 Å². The fourth-order valence-electron chi connectivity index (χ4n) is 8.03. The molecule has 2 saturated heterocycles. The van der Waals surface area contributed by atoms with Crippen LogP contribution < -0.4 is 10.6 Å². The van der Waals surface area contributed by atoms with Gasteiger partial charge in [-0.25, -0.2) is 0 Å². The maximum atomic E-state index is 14.6. The van der Waals surface area contributed by atoms with Crippen LogP contribution in [0, 0.1) is 12.3 Å². The number of piperidine rings is 2. The van der Waals surface area contributed by atoms with Crippen molar-refractivity contribution in [2.75, 3.05) is 0 Å². The van der Waals surface area contributed by atoms with E-state index < -0.39 is 17.4 Å². The molecule has 0 saturated carbocycles. The Morgan fingerprint density at radius 1 is 0.818 bits per heavy atom. The number of nitrogens with one attached hydrogen (secondary N) is 2. The molecule has 2 aliphatic rings. The number of esters is 2. The predicted molar refractivity (Wildman–Crippen MR) is 178 cm³/mol. The minimum Gasteiger partial charge on any atom is -0.507 e. The van der Waals surface area contributed by atoms with Gasteiger partial charge in [0.25, 0.3) is 0 Å². The Kier molecular flexibility index (Phi) is 10.4. The van der Waals surface area contributed by atoms with Gasteiger partial charge in [-0.1, -0.05) is 52.7 Å². The van der Waals surface area contributed by atoms with E-state index in [1.165, 1.54) is 0 Å². The van der Waals surface area contributed by atoms with Crippen molar-refractivity contribution >= 4 is 11.9 Å². The number of ether oxygens (including phenoxy) is 2. The number of phenolic OH excluding ortho intramolecular Hbond substituents is 1. The van der Waals surface area contributed by atoms with Crippen molar-refractivity contribution in [2.45, 2.75) is 181 Å². The van der Waals surface area contributed by atoms with E-state index in [1.807, 2.05) is 19.1 Å². The number of rotatable bonds is 9. The third-order valence-electron chi connectivity index (χ3n) is 9.27. The van der Waals surface area contributed by atoms with Gasteiger partial charge < -0.3 is 25.2 Å². The average Bonchev–Trinajstić information content (AvgIpc) is 2.78. The summed E-state index contributed by atoms with van der Waals surface area (Å²) in [5, 5.41) is 18.3. The second kappa shape index (κ2) is 12.6. The third kappa shape index (κ3) is 8.99. The fraction of sp³-hybridized carbons (Fsp3) is 0.784. The first kappa shape index (κ1) is 36.3. The van der Waals surface area contributed by atoms with Crippen LogP contribution in [0.25, 0.3) is 0 Å². The molecular weight excluding hydrogens is 552 g/mol. The highest BCUT2D eigenvalue weighted by atomic mass is 16.6. The van der Waals surface area contributed by atoms with Crippen molar-refractivity contribution in [1.82, 2.24) is 10.6 Å². The fourth-order valence-corrected chi connectivity index (χ4v) is 8.03. The molecule has 2 heterocycles. The number of benzene rings is 1. The van der Waals surface area contributed by atoms with Gasteiger partial charge in [-0.2, -0.15) is 0 Å². The molecule has 0 unspecified atom stereocenters. The van der Waals surface area contributed by atoms with Crippen LogP contribution in [0.2, 0.25) is 0 Å². The maximum Gasteiger partial charge on any atom is 0.324 e. The van der Waals surface area contributed by atoms with Gasteiger partial charge in [-0.05, 0) is 97.3 Å². The topological polar surface area (TPSA) is 96.9 Å². The van der Waals surface area contributed by atoms with Gasteiger partial charge in [0.2, 0.25) is 0 Å². The number of aryl methyl sites for hydroxylation is 1. The van der Waals surface area contributed by atoms with E-state index in [0.29, 0.717) is 38.5 Å². The summed E-state index contributed by atoms with van der Waals surface area (Å²) in [5.74, 6) is -0.737. The molecule has 1 aromatic carbocycles. The number of hydrogen-bond acceptors (Lipinski definition) is 7. The van der Waals surface area contributed by atoms with Gasteiger partial charge >= 0.3 is 11.9 Å². The summed E-state index contributed by atoms with van der Waals surface area (Å²) in [4.78, 5) is 29.3. The highest BCUT2D eigenvalue weighted by Crippen LogP contribution is 2.41. The number of aromatic hydroxyl groups is 1. The number of hydrogen-bond donors (Lipinski definition) is 3. The molecule has 0 spiro atoms. The zero-order chi connectivity index (χ0) is 33.5. The van der Waals surface area contributed by atoms with Crippen LogP contribution in [-0.4, -0.2) is 51.4 Å². The van der Waals surface area contributed by atoms with Gasteiger partial charge in [0, 0.05) is 47.8 Å². The average molecular weight is 615 g/mol. The zero-order valence-corrected chi connectivity index (χ0v) is 30.0. The van der Waals surface area contributed by atoms with Crippen molar-refractivity contribution in [3.63, 3.8) is 0 Å². The van der Waals surface area contributed by atoms with E-state index in [0.717, 1.165) is 23.1 Å². The molecule has 44 heavy (non-hydrogen) atoms. The van der Waals surface area contributed by atoms with Crippen molar-refractivity contribution in [3.8, 4) is 5.75 Å². The maximum absolute atomic E-state index is 14.6. The second-order valence-corrected chi connectivity index (χ2v) is 17.6. The Morgan fingerprint density at radius 2 is 1.23 bits per heavy atom. The summed E-state index contributed by atoms with van der Waals surface area (Å²) >= 11 is 0. The van der Waals surface area contributed by atoms with Crippen LogP contribution in [-0.2, 0) is 30.9 Å². The van der Waals surface area contributed by atoms with Crippen LogP contribution in [0.5, 0.6) is 5.75 Å². The minimum absolute atomic E-state index is 0.157. The van der Waals surface area contributed by atoms with Gasteiger partial charge in [-0.3, -0.25) is 9.59 Å². The largest absolute Gasteiger partial charge is 0.507 e. The van der Waals surface area contributed by atoms with E-state index >= 15 is 0 Å². The first-order chi connectivity index (χ1) is 19.9. The number of carbonyl (C=O) groups is 2. The van der Waals surface area contributed by atoms with E-state index in [2.05, 4.69) is 93.7 Å². The lowest BCUT2D eigenvalue weighted by molar-refractivity contribution is -0.183. The SMILES string of the molecule is CCCCC(Cc1cc(C)c(O)c(C(C)(C)C)c1)(C(=O)OC1CC(C)(C)NC(C)(C)C1)C(=O)OC1CC(C)(C)NC(C)(C)C1. The lowest BCUT2D eigenvalue weighted by atomic mass is 9.74. The second-order valence-electron chi connectivity index (χ2n) is 17.6. The molecule has 0 radical (unpaired) electrons. The molecule has 250 valence electrons. The number of unbranched alkanes of at least 4 members (excludes halogenated alkanes) is 1. The Morgan fingerprint density at radius 3 is 1.59 bits per heavy atom. The summed E-state index contributed by atoms with van der Waals surface area (Å²) in [6, 6.07) is 3.86. The molecule has 0 atom stereocenters. The predicted octanol–water partition coefficient (Wildman–Crippen LogP) is 7.42. The molecule has 0 amide bonds. The van der Waals surface area contributed by atoms with Crippen LogP contribution in [0.1, 0.15) is 145 Å².